The van der Waals surface area contributed by atoms with Gasteiger partial charge >= 0.3 is 5.97 Å². The molecule has 1 N–H and O–H groups in total. The number of hydrogen-bond donors (Lipinski definition) is 1. The Kier molecular flexibility index (Phi) is 7.02. The number of aryl methyl sites for hydroxylation is 2. The summed E-state index contributed by atoms with van der Waals surface area (Å²) in [5, 5.41) is 24.6. The van der Waals surface area contributed by atoms with Crippen molar-refractivity contribution in [2.24, 2.45) is 5.92 Å². The minimum absolute atomic E-state index is 0.0923. The van der Waals surface area contributed by atoms with E-state index in [2.05, 4.69) is 11.2 Å². The van der Waals surface area contributed by atoms with Crippen LogP contribution in [0.5, 0.6) is 0 Å². The van der Waals surface area contributed by atoms with Crippen molar-refractivity contribution in [2.75, 3.05) is 0 Å². The van der Waals surface area contributed by atoms with Gasteiger partial charge in [0.05, 0.1) is 23.3 Å². The lowest BCUT2D eigenvalue weighted by Gasteiger charge is -2.42. The van der Waals surface area contributed by atoms with E-state index in [1.54, 1.807) is 30.8 Å². The van der Waals surface area contributed by atoms with Crippen LogP contribution in [0.3, 0.4) is 0 Å². The molecule has 1 atom stereocenters. The molecule has 186 valence electrons. The highest BCUT2D eigenvalue weighted by atomic mass is 19.1. The number of benzene rings is 1. The Bertz CT molecular complexity index is 1170. The van der Waals surface area contributed by atoms with Gasteiger partial charge in [-0.15, -0.1) is 0 Å². The van der Waals surface area contributed by atoms with Gasteiger partial charge < -0.3 is 9.84 Å². The number of halogens is 1. The van der Waals surface area contributed by atoms with Gasteiger partial charge in [0.2, 0.25) is 0 Å². The van der Waals surface area contributed by atoms with E-state index >= 15 is 0 Å². The summed E-state index contributed by atoms with van der Waals surface area (Å²) in [6.07, 6.45) is 9.21. The predicted octanol–water partition coefficient (Wildman–Crippen LogP) is 5.71. The van der Waals surface area contributed by atoms with E-state index in [9.17, 15) is 19.6 Å². The summed E-state index contributed by atoms with van der Waals surface area (Å²) in [6.45, 7) is 6.11. The largest absolute Gasteiger partial charge is 0.512 e. The molecule has 0 spiro atoms. The van der Waals surface area contributed by atoms with Crippen molar-refractivity contribution in [1.82, 2.24) is 9.78 Å². The predicted molar refractivity (Wildman–Crippen MR) is 130 cm³/mol. The van der Waals surface area contributed by atoms with Gasteiger partial charge in [0, 0.05) is 31.1 Å². The molecule has 2 heterocycles. The molecule has 6 nitrogen and oxygen atoms in total. The molecule has 1 unspecified atom stereocenters. The van der Waals surface area contributed by atoms with Crippen LogP contribution in [0.4, 0.5) is 4.39 Å². The van der Waals surface area contributed by atoms with Crippen LogP contribution in [-0.2, 0) is 34.3 Å². The zero-order valence-electron chi connectivity index (χ0n) is 20.8. The number of carbonyl (C=O) groups is 1. The van der Waals surface area contributed by atoms with E-state index in [1.807, 2.05) is 19.2 Å². The highest BCUT2D eigenvalue weighted by molar-refractivity contribution is 5.90. The minimum Gasteiger partial charge on any atom is -0.512 e. The van der Waals surface area contributed by atoms with Crippen molar-refractivity contribution in [3.8, 4) is 6.07 Å². The van der Waals surface area contributed by atoms with Gasteiger partial charge in [-0.3, -0.25) is 4.68 Å². The van der Waals surface area contributed by atoms with Crippen LogP contribution in [0.1, 0.15) is 76.0 Å². The molecule has 1 fully saturated rings. The molecule has 1 aromatic heterocycles. The Morgan fingerprint density at radius 3 is 2.66 bits per heavy atom. The third-order valence-corrected chi connectivity index (χ3v) is 7.67. The molecule has 0 saturated heterocycles. The summed E-state index contributed by atoms with van der Waals surface area (Å²) in [5.74, 6) is -0.612. The number of carbonyl (C=O) groups excluding carboxylic acids is 1. The first-order valence-electron chi connectivity index (χ1n) is 12.5. The van der Waals surface area contributed by atoms with Crippen molar-refractivity contribution in [1.29, 1.82) is 5.26 Å². The zero-order valence-corrected chi connectivity index (χ0v) is 20.8. The summed E-state index contributed by atoms with van der Waals surface area (Å²) < 4.78 is 22.8. The molecule has 7 heteroatoms. The minimum atomic E-state index is -0.910. The third-order valence-electron chi connectivity index (χ3n) is 7.67. The third kappa shape index (κ3) is 5.12. The van der Waals surface area contributed by atoms with Crippen LogP contribution in [0, 0.1) is 23.1 Å². The van der Waals surface area contributed by atoms with Gasteiger partial charge in [0.1, 0.15) is 17.2 Å². The molecule has 0 radical (unpaired) electrons. The maximum Gasteiger partial charge on any atom is 0.338 e. The fourth-order valence-electron chi connectivity index (χ4n) is 5.50. The maximum absolute atomic E-state index is 14.8. The van der Waals surface area contributed by atoms with Crippen molar-refractivity contribution in [2.45, 2.75) is 89.7 Å². The molecular weight excluding hydrogens is 445 g/mol. The lowest BCUT2D eigenvalue weighted by Crippen LogP contribution is -2.46. The Morgan fingerprint density at radius 2 is 2.06 bits per heavy atom. The summed E-state index contributed by atoms with van der Waals surface area (Å²) >= 11 is 0. The number of ether oxygens (including phenoxy) is 1. The van der Waals surface area contributed by atoms with Gasteiger partial charge in [0.25, 0.3) is 0 Å². The molecule has 35 heavy (non-hydrogen) atoms. The van der Waals surface area contributed by atoms with Crippen molar-refractivity contribution < 1.29 is 19.0 Å². The highest BCUT2D eigenvalue weighted by Gasteiger charge is 2.48. The van der Waals surface area contributed by atoms with E-state index in [0.29, 0.717) is 24.0 Å². The smallest absolute Gasteiger partial charge is 0.338 e. The lowest BCUT2D eigenvalue weighted by atomic mass is 9.76. The molecule has 4 rings (SSSR count). The van der Waals surface area contributed by atoms with E-state index in [1.165, 1.54) is 6.07 Å². The average Bonchev–Trinajstić information content (AvgIpc) is 3.52. The fraction of sp³-hybridized carbons (Fsp3) is 0.536. The van der Waals surface area contributed by atoms with E-state index in [-0.39, 0.29) is 24.5 Å². The first-order chi connectivity index (χ1) is 16.7. The van der Waals surface area contributed by atoms with Gasteiger partial charge in [0.15, 0.2) is 0 Å². The number of aliphatic hydroxyl groups is 1. The second kappa shape index (κ2) is 9.85. The number of aromatic nitrogens is 2. The van der Waals surface area contributed by atoms with Crippen molar-refractivity contribution in [3.63, 3.8) is 0 Å². The van der Waals surface area contributed by atoms with Gasteiger partial charge in [-0.2, -0.15) is 10.4 Å². The number of nitrogens with zero attached hydrogens (tertiary/aromatic N) is 3. The van der Waals surface area contributed by atoms with Crippen LogP contribution < -0.4 is 0 Å². The van der Waals surface area contributed by atoms with Crippen LogP contribution in [0.15, 0.2) is 41.9 Å². The van der Waals surface area contributed by atoms with Crippen LogP contribution >= 0.6 is 0 Å². The van der Waals surface area contributed by atoms with Gasteiger partial charge in [-0.25, -0.2) is 9.18 Å². The van der Waals surface area contributed by atoms with Crippen LogP contribution in [0.25, 0.3) is 0 Å². The monoisotopic (exact) mass is 479 g/mol. The molecule has 0 bridgehead atoms. The second-order valence-corrected chi connectivity index (χ2v) is 10.5. The Balaban J connectivity index is 1.56. The van der Waals surface area contributed by atoms with Crippen molar-refractivity contribution in [3.05, 3.63) is 64.4 Å². The highest BCUT2D eigenvalue weighted by Crippen LogP contribution is 2.46. The summed E-state index contributed by atoms with van der Waals surface area (Å²) in [6, 6.07) is 7.14. The molecule has 1 saturated carbocycles. The lowest BCUT2D eigenvalue weighted by molar-refractivity contribution is -0.167. The molecule has 2 aliphatic rings. The number of rotatable bonds is 8. The second-order valence-electron chi connectivity index (χ2n) is 10.5. The van der Waals surface area contributed by atoms with E-state index in [4.69, 9.17) is 4.74 Å². The average molecular weight is 480 g/mol. The van der Waals surface area contributed by atoms with Crippen molar-refractivity contribution >= 4 is 5.97 Å². The van der Waals surface area contributed by atoms with Gasteiger partial charge in [-0.05, 0) is 69.6 Å². The number of hydrogen-bond acceptors (Lipinski definition) is 5. The quantitative estimate of drug-likeness (QED) is 0.490. The summed E-state index contributed by atoms with van der Waals surface area (Å²) in [5.41, 5.74) is 0.603. The summed E-state index contributed by atoms with van der Waals surface area (Å²) in [7, 11) is 0. The van der Waals surface area contributed by atoms with Crippen LogP contribution in [-0.4, -0.2) is 26.5 Å². The first kappa shape index (κ1) is 25.0. The fourth-order valence-corrected chi connectivity index (χ4v) is 5.50. The normalized spacial score (nSPS) is 21.3. The number of nitriles is 1. The van der Waals surface area contributed by atoms with E-state index in [0.717, 1.165) is 43.4 Å². The molecule has 1 aliphatic heterocycles. The number of aliphatic hydroxyl groups excluding tert-OH is 1. The maximum atomic E-state index is 14.8. The SMILES string of the molecule is CCn1cc(CC2=C(O)CC(CCc3ccc(C(C)(C)C#N)c(F)c3)(C3CCCC3)OC2=O)cn1. The molecule has 0 amide bonds. The molecule has 2 aromatic rings. The molecular formula is C28H34FN3O3. The molecule has 1 aliphatic carbocycles. The topological polar surface area (TPSA) is 88.1 Å². The number of esters is 1. The number of cyclic esters (lactones) is 1. The Hall–Kier alpha value is -3.14. The van der Waals surface area contributed by atoms with Gasteiger partial charge in [-0.1, -0.05) is 25.0 Å². The first-order valence-corrected chi connectivity index (χ1v) is 12.5. The Labute approximate surface area is 206 Å². The molecule has 1 aromatic carbocycles. The standard InChI is InChI=1S/C28H34FN3O3/c1-4-32-17-20(16-31-32)13-22-25(33)15-28(35-26(22)34,21-7-5-6-8-21)12-11-19-9-10-23(24(29)14-19)27(2,3)18-30/h9-10,14,16-17,21,33H,4-8,11-13,15H2,1-3H3. The zero-order chi connectivity index (χ0) is 25.2. The Morgan fingerprint density at radius 1 is 1.31 bits per heavy atom. The summed E-state index contributed by atoms with van der Waals surface area (Å²) in [4.78, 5) is 13.2. The van der Waals surface area contributed by atoms with E-state index < -0.39 is 22.8 Å². The van der Waals surface area contributed by atoms with Crippen LogP contribution in [0.2, 0.25) is 0 Å².